The second kappa shape index (κ2) is 4.11. The average Bonchev–Trinajstić information content (AvgIpc) is 1.78. The minimum Gasteiger partial charge on any atom is -0.329 e. The van der Waals surface area contributed by atoms with Gasteiger partial charge in [-0.25, -0.2) is 21.9 Å². The molecule has 4 nitrogen and oxygen atoms in total. The van der Waals surface area contributed by atoms with Crippen molar-refractivity contribution in [1.82, 2.24) is 4.72 Å². The SMILES string of the molecule is CC(F)(F)CS(=O)(=O)NCCN. The van der Waals surface area contributed by atoms with Gasteiger partial charge in [0.2, 0.25) is 10.0 Å². The van der Waals surface area contributed by atoms with Crippen LogP contribution in [0.3, 0.4) is 0 Å². The number of nitrogens with two attached hydrogens (primary N) is 1. The molecule has 74 valence electrons. The maximum atomic E-state index is 12.2. The first kappa shape index (κ1) is 11.7. The van der Waals surface area contributed by atoms with E-state index < -0.39 is 21.7 Å². The summed E-state index contributed by atoms with van der Waals surface area (Å²) in [6, 6.07) is 0. The van der Waals surface area contributed by atoms with E-state index >= 15 is 0 Å². The van der Waals surface area contributed by atoms with E-state index in [1.165, 1.54) is 0 Å². The first-order chi connectivity index (χ1) is 5.27. The third-order valence-corrected chi connectivity index (χ3v) is 2.44. The highest BCUT2D eigenvalue weighted by Crippen LogP contribution is 2.13. The van der Waals surface area contributed by atoms with E-state index in [0.717, 1.165) is 0 Å². The van der Waals surface area contributed by atoms with Gasteiger partial charge in [-0.2, -0.15) is 0 Å². The molecule has 0 aromatic carbocycles. The fourth-order valence-electron chi connectivity index (χ4n) is 0.599. The highest BCUT2D eigenvalue weighted by Gasteiger charge is 2.29. The van der Waals surface area contributed by atoms with Crippen molar-refractivity contribution in [1.29, 1.82) is 0 Å². The Balaban J connectivity index is 4.06. The van der Waals surface area contributed by atoms with E-state index in [0.29, 0.717) is 6.92 Å². The van der Waals surface area contributed by atoms with Crippen molar-refractivity contribution in [2.24, 2.45) is 5.73 Å². The quantitative estimate of drug-likeness (QED) is 0.632. The Morgan fingerprint density at radius 1 is 1.50 bits per heavy atom. The molecule has 0 spiro atoms. The molecule has 0 aliphatic heterocycles. The second-order valence-corrected chi connectivity index (χ2v) is 4.32. The van der Waals surface area contributed by atoms with Gasteiger partial charge in [-0.1, -0.05) is 0 Å². The Labute approximate surface area is 70.2 Å². The van der Waals surface area contributed by atoms with Crippen LogP contribution in [-0.4, -0.2) is 33.2 Å². The predicted octanol–water partition coefficient (Wildman–Crippen LogP) is -0.480. The number of halogens is 2. The van der Waals surface area contributed by atoms with Crippen LogP contribution in [0.4, 0.5) is 8.78 Å². The van der Waals surface area contributed by atoms with Gasteiger partial charge in [0, 0.05) is 20.0 Å². The van der Waals surface area contributed by atoms with Gasteiger partial charge in [0.25, 0.3) is 5.92 Å². The van der Waals surface area contributed by atoms with Crippen LogP contribution in [-0.2, 0) is 10.0 Å². The number of nitrogens with one attached hydrogen (secondary N) is 1. The van der Waals surface area contributed by atoms with Crippen molar-refractivity contribution in [3.8, 4) is 0 Å². The zero-order chi connectivity index (χ0) is 9.83. The fourth-order valence-corrected chi connectivity index (χ4v) is 1.80. The molecule has 0 heterocycles. The van der Waals surface area contributed by atoms with E-state index in [2.05, 4.69) is 0 Å². The standard InChI is InChI=1S/C5H12F2N2O2S/c1-5(6,7)4-12(10,11)9-3-2-8/h9H,2-4,8H2,1H3. The summed E-state index contributed by atoms with van der Waals surface area (Å²) in [5.41, 5.74) is 4.99. The van der Waals surface area contributed by atoms with Gasteiger partial charge < -0.3 is 5.73 Å². The zero-order valence-corrected chi connectivity index (χ0v) is 7.50. The summed E-state index contributed by atoms with van der Waals surface area (Å²) in [7, 11) is -3.88. The summed E-state index contributed by atoms with van der Waals surface area (Å²) in [6.07, 6.45) is 0. The number of rotatable bonds is 5. The van der Waals surface area contributed by atoms with Crippen molar-refractivity contribution in [2.45, 2.75) is 12.8 Å². The maximum Gasteiger partial charge on any atom is 0.260 e. The predicted molar refractivity (Wildman–Crippen MR) is 41.5 cm³/mol. The summed E-state index contributed by atoms with van der Waals surface area (Å²) in [5.74, 6) is -4.40. The topological polar surface area (TPSA) is 72.2 Å². The van der Waals surface area contributed by atoms with Gasteiger partial charge in [0.15, 0.2) is 0 Å². The first-order valence-electron chi connectivity index (χ1n) is 3.32. The van der Waals surface area contributed by atoms with Crippen LogP contribution in [0.15, 0.2) is 0 Å². The lowest BCUT2D eigenvalue weighted by Gasteiger charge is -2.10. The molecule has 0 bridgehead atoms. The van der Waals surface area contributed by atoms with E-state index in [1.54, 1.807) is 0 Å². The molecule has 0 amide bonds. The van der Waals surface area contributed by atoms with Gasteiger partial charge in [0.1, 0.15) is 5.75 Å². The first-order valence-corrected chi connectivity index (χ1v) is 4.97. The zero-order valence-electron chi connectivity index (χ0n) is 6.68. The van der Waals surface area contributed by atoms with E-state index in [4.69, 9.17) is 5.73 Å². The lowest BCUT2D eigenvalue weighted by atomic mass is 10.5. The highest BCUT2D eigenvalue weighted by atomic mass is 32.2. The van der Waals surface area contributed by atoms with Gasteiger partial charge in [-0.05, 0) is 0 Å². The number of hydrogen-bond acceptors (Lipinski definition) is 3. The van der Waals surface area contributed by atoms with Gasteiger partial charge in [0.05, 0.1) is 0 Å². The van der Waals surface area contributed by atoms with Crippen molar-refractivity contribution in [3.05, 3.63) is 0 Å². The fraction of sp³-hybridized carbons (Fsp3) is 1.00. The van der Waals surface area contributed by atoms with Crippen LogP contribution < -0.4 is 10.5 Å². The van der Waals surface area contributed by atoms with Crippen LogP contribution in [0, 0.1) is 0 Å². The lowest BCUT2D eigenvalue weighted by molar-refractivity contribution is 0.0471. The van der Waals surface area contributed by atoms with Crippen LogP contribution in [0.2, 0.25) is 0 Å². The summed E-state index contributed by atoms with van der Waals surface area (Å²) >= 11 is 0. The highest BCUT2D eigenvalue weighted by molar-refractivity contribution is 7.89. The van der Waals surface area contributed by atoms with Crippen LogP contribution >= 0.6 is 0 Å². The van der Waals surface area contributed by atoms with Crippen molar-refractivity contribution in [2.75, 3.05) is 18.8 Å². The Morgan fingerprint density at radius 2 is 2.00 bits per heavy atom. The van der Waals surface area contributed by atoms with Crippen molar-refractivity contribution < 1.29 is 17.2 Å². The molecule has 0 radical (unpaired) electrons. The largest absolute Gasteiger partial charge is 0.329 e. The summed E-state index contributed by atoms with van der Waals surface area (Å²) in [5, 5.41) is 0. The van der Waals surface area contributed by atoms with E-state index in [-0.39, 0.29) is 13.1 Å². The molecular weight excluding hydrogens is 190 g/mol. The van der Waals surface area contributed by atoms with Crippen molar-refractivity contribution >= 4 is 10.0 Å². The van der Waals surface area contributed by atoms with Crippen molar-refractivity contribution in [3.63, 3.8) is 0 Å². The molecule has 0 saturated heterocycles. The minimum absolute atomic E-state index is 0.0155. The van der Waals surface area contributed by atoms with Crippen LogP contribution in [0.1, 0.15) is 6.92 Å². The molecular formula is C5H12F2N2O2S. The molecule has 0 aliphatic rings. The average molecular weight is 202 g/mol. The summed E-state index contributed by atoms with van der Waals surface area (Å²) < 4.78 is 47.8. The molecule has 0 aromatic rings. The normalized spacial score (nSPS) is 13.3. The maximum absolute atomic E-state index is 12.2. The van der Waals surface area contributed by atoms with E-state index in [9.17, 15) is 17.2 Å². The number of alkyl halides is 2. The molecule has 0 aromatic heterocycles. The minimum atomic E-state index is -3.88. The molecule has 0 rings (SSSR count). The Bertz CT molecular complexity index is 222. The van der Waals surface area contributed by atoms with Gasteiger partial charge in [-0.3, -0.25) is 0 Å². The Hall–Kier alpha value is -0.270. The number of sulfonamides is 1. The Kier molecular flexibility index (Phi) is 4.01. The van der Waals surface area contributed by atoms with Gasteiger partial charge in [-0.15, -0.1) is 0 Å². The van der Waals surface area contributed by atoms with Crippen LogP contribution in [0.25, 0.3) is 0 Å². The molecule has 3 N–H and O–H groups in total. The molecule has 7 heteroatoms. The second-order valence-electron chi connectivity index (χ2n) is 2.51. The molecule has 0 aliphatic carbocycles. The molecule has 0 atom stereocenters. The molecule has 12 heavy (non-hydrogen) atoms. The summed E-state index contributed by atoms with van der Waals surface area (Å²) in [4.78, 5) is 0. The third kappa shape index (κ3) is 6.44. The molecule has 0 fully saturated rings. The number of hydrogen-bond donors (Lipinski definition) is 2. The third-order valence-electron chi connectivity index (χ3n) is 0.910. The Morgan fingerprint density at radius 3 is 2.33 bits per heavy atom. The van der Waals surface area contributed by atoms with E-state index in [1.807, 2.05) is 4.72 Å². The van der Waals surface area contributed by atoms with Gasteiger partial charge >= 0.3 is 0 Å². The lowest BCUT2D eigenvalue weighted by Crippen LogP contribution is -2.36. The molecule has 0 unspecified atom stereocenters. The molecule has 0 saturated carbocycles. The van der Waals surface area contributed by atoms with Crippen LogP contribution in [0.5, 0.6) is 0 Å². The monoisotopic (exact) mass is 202 g/mol. The smallest absolute Gasteiger partial charge is 0.260 e. The summed E-state index contributed by atoms with van der Waals surface area (Å²) in [6.45, 7) is 0.627.